The van der Waals surface area contributed by atoms with Gasteiger partial charge < -0.3 is 5.32 Å². The maximum atomic E-state index is 6.31. The predicted octanol–water partition coefficient (Wildman–Crippen LogP) is 4.05. The lowest BCUT2D eigenvalue weighted by Crippen LogP contribution is -2.21. The Hall–Kier alpha value is -0.570. The van der Waals surface area contributed by atoms with Gasteiger partial charge in [-0.05, 0) is 6.07 Å². The van der Waals surface area contributed by atoms with Crippen molar-refractivity contribution in [2.75, 3.05) is 0 Å². The summed E-state index contributed by atoms with van der Waals surface area (Å²) in [6.45, 7) is 5.14. The molecule has 0 amide bonds. The van der Waals surface area contributed by atoms with Crippen LogP contribution in [-0.2, 0) is 6.54 Å². The van der Waals surface area contributed by atoms with Crippen LogP contribution in [0, 0.1) is 0 Å². The molecule has 0 bridgehead atoms. The Morgan fingerprint density at radius 2 is 2.07 bits per heavy atom. The van der Waals surface area contributed by atoms with Crippen LogP contribution in [0.25, 0.3) is 10.1 Å². The first-order valence-corrected chi connectivity index (χ1v) is 6.27. The monoisotopic (exact) mass is 239 g/mol. The van der Waals surface area contributed by atoms with Gasteiger partial charge in [0.1, 0.15) is 0 Å². The van der Waals surface area contributed by atoms with Crippen molar-refractivity contribution in [3.05, 3.63) is 34.2 Å². The van der Waals surface area contributed by atoms with Crippen LogP contribution < -0.4 is 5.32 Å². The van der Waals surface area contributed by atoms with Crippen LogP contribution in [0.3, 0.4) is 0 Å². The Bertz CT molecular complexity index is 462. The first-order chi connectivity index (χ1) is 7.18. The summed E-state index contributed by atoms with van der Waals surface area (Å²) in [7, 11) is 0. The molecule has 1 heterocycles. The van der Waals surface area contributed by atoms with E-state index in [2.05, 4.69) is 37.4 Å². The van der Waals surface area contributed by atoms with Gasteiger partial charge in [0.2, 0.25) is 0 Å². The van der Waals surface area contributed by atoms with Crippen LogP contribution >= 0.6 is 22.9 Å². The molecular formula is C12H14ClNS. The van der Waals surface area contributed by atoms with E-state index in [9.17, 15) is 0 Å². The van der Waals surface area contributed by atoms with Gasteiger partial charge in [-0.25, -0.2) is 0 Å². The van der Waals surface area contributed by atoms with E-state index in [4.69, 9.17) is 11.6 Å². The van der Waals surface area contributed by atoms with Gasteiger partial charge in [0, 0.05) is 27.5 Å². The third kappa shape index (κ3) is 2.33. The van der Waals surface area contributed by atoms with Crippen LogP contribution in [0.4, 0.5) is 0 Å². The topological polar surface area (TPSA) is 12.0 Å². The van der Waals surface area contributed by atoms with Crippen LogP contribution in [-0.4, -0.2) is 6.04 Å². The Labute approximate surface area is 99.1 Å². The van der Waals surface area contributed by atoms with Gasteiger partial charge in [-0.2, -0.15) is 0 Å². The van der Waals surface area contributed by atoms with E-state index in [1.165, 1.54) is 15.0 Å². The number of thiophene rings is 1. The van der Waals surface area contributed by atoms with Crippen molar-refractivity contribution in [1.29, 1.82) is 0 Å². The van der Waals surface area contributed by atoms with E-state index in [0.717, 1.165) is 11.6 Å². The minimum absolute atomic E-state index is 0.492. The number of benzene rings is 1. The molecule has 80 valence electrons. The maximum Gasteiger partial charge on any atom is 0.0636 e. The van der Waals surface area contributed by atoms with Gasteiger partial charge in [0.15, 0.2) is 0 Å². The van der Waals surface area contributed by atoms with E-state index < -0.39 is 0 Å². The molecule has 0 saturated heterocycles. The van der Waals surface area contributed by atoms with Crippen molar-refractivity contribution in [3.63, 3.8) is 0 Å². The summed E-state index contributed by atoms with van der Waals surface area (Å²) >= 11 is 8.08. The number of fused-ring (bicyclic) bond motifs is 1. The molecule has 0 aliphatic rings. The number of hydrogen-bond acceptors (Lipinski definition) is 2. The smallest absolute Gasteiger partial charge is 0.0636 e. The van der Waals surface area contributed by atoms with Crippen LogP contribution in [0.1, 0.15) is 18.7 Å². The van der Waals surface area contributed by atoms with Crippen LogP contribution in [0.2, 0.25) is 5.02 Å². The fourth-order valence-electron chi connectivity index (χ4n) is 1.48. The summed E-state index contributed by atoms with van der Waals surface area (Å²) in [4.78, 5) is 1.23. The summed E-state index contributed by atoms with van der Waals surface area (Å²) in [6, 6.07) is 8.76. The summed E-state index contributed by atoms with van der Waals surface area (Å²) < 4.78 is 1.27. The SMILES string of the molecule is CC(C)NCc1sc2ccccc2c1Cl. The summed E-state index contributed by atoms with van der Waals surface area (Å²) in [5, 5.41) is 5.47. The molecule has 0 atom stereocenters. The van der Waals surface area contributed by atoms with Crippen molar-refractivity contribution < 1.29 is 0 Å². The summed E-state index contributed by atoms with van der Waals surface area (Å²) in [5.74, 6) is 0. The molecule has 0 fully saturated rings. The van der Waals surface area contributed by atoms with Gasteiger partial charge in [-0.15, -0.1) is 11.3 Å². The van der Waals surface area contributed by atoms with E-state index in [1.54, 1.807) is 11.3 Å². The zero-order valence-electron chi connectivity index (χ0n) is 8.88. The fourth-order valence-corrected chi connectivity index (χ4v) is 2.93. The van der Waals surface area contributed by atoms with Gasteiger partial charge in [-0.1, -0.05) is 43.6 Å². The molecule has 2 aromatic rings. The average Bonchev–Trinajstić information content (AvgIpc) is 2.54. The standard InChI is InChI=1S/C12H14ClNS/c1-8(2)14-7-11-12(13)9-5-3-4-6-10(9)15-11/h3-6,8,14H,7H2,1-2H3. The van der Waals surface area contributed by atoms with Crippen molar-refractivity contribution in [2.45, 2.75) is 26.4 Å². The van der Waals surface area contributed by atoms with E-state index in [0.29, 0.717) is 6.04 Å². The zero-order chi connectivity index (χ0) is 10.8. The normalized spacial score (nSPS) is 11.5. The molecule has 0 aliphatic carbocycles. The lowest BCUT2D eigenvalue weighted by Gasteiger charge is -2.05. The summed E-state index contributed by atoms with van der Waals surface area (Å²) in [6.07, 6.45) is 0. The van der Waals surface area contributed by atoms with Crippen molar-refractivity contribution in [2.24, 2.45) is 0 Å². The molecule has 1 nitrogen and oxygen atoms in total. The molecule has 0 radical (unpaired) electrons. The van der Waals surface area contributed by atoms with Crippen molar-refractivity contribution in [3.8, 4) is 0 Å². The third-order valence-electron chi connectivity index (χ3n) is 2.27. The highest BCUT2D eigenvalue weighted by molar-refractivity contribution is 7.19. The fraction of sp³-hybridized carbons (Fsp3) is 0.333. The number of nitrogens with one attached hydrogen (secondary N) is 1. The molecule has 1 aromatic carbocycles. The second-order valence-electron chi connectivity index (χ2n) is 3.87. The number of hydrogen-bond donors (Lipinski definition) is 1. The number of rotatable bonds is 3. The van der Waals surface area contributed by atoms with Crippen molar-refractivity contribution >= 4 is 33.0 Å². The van der Waals surface area contributed by atoms with Gasteiger partial charge in [0.25, 0.3) is 0 Å². The van der Waals surface area contributed by atoms with Gasteiger partial charge in [0.05, 0.1) is 5.02 Å². The third-order valence-corrected chi connectivity index (χ3v) is 3.99. The van der Waals surface area contributed by atoms with Crippen molar-refractivity contribution in [1.82, 2.24) is 5.32 Å². The summed E-state index contributed by atoms with van der Waals surface area (Å²) in [5.41, 5.74) is 0. The Kier molecular flexibility index (Phi) is 3.29. The molecule has 0 spiro atoms. The molecule has 3 heteroatoms. The second-order valence-corrected chi connectivity index (χ2v) is 5.39. The quantitative estimate of drug-likeness (QED) is 0.852. The first kappa shape index (κ1) is 10.9. The van der Waals surface area contributed by atoms with Crippen LogP contribution in [0.5, 0.6) is 0 Å². The molecular weight excluding hydrogens is 226 g/mol. The average molecular weight is 240 g/mol. The lowest BCUT2D eigenvalue weighted by molar-refractivity contribution is 0.593. The van der Waals surface area contributed by atoms with Crippen LogP contribution in [0.15, 0.2) is 24.3 Å². The Balaban J connectivity index is 2.32. The largest absolute Gasteiger partial charge is 0.310 e. The Morgan fingerprint density at radius 3 is 2.73 bits per heavy atom. The minimum atomic E-state index is 0.492. The molecule has 0 saturated carbocycles. The van der Waals surface area contributed by atoms with Gasteiger partial charge >= 0.3 is 0 Å². The highest BCUT2D eigenvalue weighted by Gasteiger charge is 2.09. The molecule has 15 heavy (non-hydrogen) atoms. The lowest BCUT2D eigenvalue weighted by atomic mass is 10.2. The second kappa shape index (κ2) is 4.52. The minimum Gasteiger partial charge on any atom is -0.310 e. The maximum absolute atomic E-state index is 6.31. The molecule has 0 unspecified atom stereocenters. The highest BCUT2D eigenvalue weighted by Crippen LogP contribution is 2.34. The zero-order valence-corrected chi connectivity index (χ0v) is 10.5. The Morgan fingerprint density at radius 1 is 1.33 bits per heavy atom. The number of halogens is 1. The van der Waals surface area contributed by atoms with E-state index in [1.807, 2.05) is 6.07 Å². The highest BCUT2D eigenvalue weighted by atomic mass is 35.5. The molecule has 0 aliphatic heterocycles. The molecule has 1 aromatic heterocycles. The predicted molar refractivity (Wildman–Crippen MR) is 68.8 cm³/mol. The van der Waals surface area contributed by atoms with E-state index in [-0.39, 0.29) is 0 Å². The molecule has 2 rings (SSSR count). The molecule has 1 N–H and O–H groups in total. The van der Waals surface area contributed by atoms with Gasteiger partial charge in [-0.3, -0.25) is 0 Å². The van der Waals surface area contributed by atoms with E-state index >= 15 is 0 Å². The first-order valence-electron chi connectivity index (χ1n) is 5.08.